The van der Waals surface area contributed by atoms with Gasteiger partial charge in [-0.05, 0) is 19.8 Å². The normalized spacial score (nSPS) is 17.6. The van der Waals surface area contributed by atoms with E-state index in [0.717, 1.165) is 12.8 Å². The molecule has 1 aliphatic rings. The van der Waals surface area contributed by atoms with Crippen LogP contribution in [-0.2, 0) is 9.59 Å². The van der Waals surface area contributed by atoms with E-state index in [-0.39, 0.29) is 12.5 Å². The zero-order valence-corrected chi connectivity index (χ0v) is 8.62. The molecule has 0 saturated heterocycles. The number of nitrogens with one attached hydrogen (secondary N) is 1. The molecule has 0 aromatic rings. The van der Waals surface area contributed by atoms with Gasteiger partial charge in [-0.15, -0.1) is 0 Å². The van der Waals surface area contributed by atoms with E-state index in [1.165, 1.54) is 0 Å². The standard InChI is InChI=1S/C9H17N3O2/c1-6(9(10)14)11-5-8(13)12(2)7-3-4-7/h6-7,11H,3-5H2,1-2H3,(H2,10,14). The fourth-order valence-electron chi connectivity index (χ4n) is 1.13. The van der Waals surface area contributed by atoms with E-state index < -0.39 is 11.9 Å². The number of carbonyl (C=O) groups is 2. The van der Waals surface area contributed by atoms with E-state index in [4.69, 9.17) is 5.73 Å². The predicted octanol–water partition coefficient (Wildman–Crippen LogP) is -0.929. The Morgan fingerprint density at radius 3 is 2.57 bits per heavy atom. The highest BCUT2D eigenvalue weighted by atomic mass is 16.2. The van der Waals surface area contributed by atoms with Crippen LogP contribution in [0.2, 0.25) is 0 Å². The van der Waals surface area contributed by atoms with Crippen LogP contribution in [0.1, 0.15) is 19.8 Å². The van der Waals surface area contributed by atoms with Gasteiger partial charge in [0.05, 0.1) is 12.6 Å². The number of nitrogens with two attached hydrogens (primary N) is 1. The summed E-state index contributed by atoms with van der Waals surface area (Å²) in [5, 5.41) is 2.78. The van der Waals surface area contributed by atoms with Crippen LogP contribution in [-0.4, -0.2) is 42.4 Å². The molecule has 0 aromatic heterocycles. The minimum Gasteiger partial charge on any atom is -0.368 e. The van der Waals surface area contributed by atoms with Crippen LogP contribution in [0.4, 0.5) is 0 Å². The molecule has 0 spiro atoms. The first-order valence-corrected chi connectivity index (χ1v) is 4.80. The molecular formula is C9H17N3O2. The Bertz CT molecular complexity index is 238. The third-order valence-corrected chi connectivity index (χ3v) is 2.47. The number of rotatable bonds is 5. The smallest absolute Gasteiger partial charge is 0.236 e. The fourth-order valence-corrected chi connectivity index (χ4v) is 1.13. The Kier molecular flexibility index (Phi) is 3.46. The average molecular weight is 199 g/mol. The lowest BCUT2D eigenvalue weighted by Gasteiger charge is -2.17. The van der Waals surface area contributed by atoms with Gasteiger partial charge in [-0.2, -0.15) is 0 Å². The minimum absolute atomic E-state index is 0.0144. The summed E-state index contributed by atoms with van der Waals surface area (Å²) in [7, 11) is 1.79. The van der Waals surface area contributed by atoms with Gasteiger partial charge in [-0.3, -0.25) is 14.9 Å². The number of likely N-dealkylation sites (N-methyl/N-ethyl adjacent to an activating group) is 1. The van der Waals surface area contributed by atoms with Crippen molar-refractivity contribution in [1.82, 2.24) is 10.2 Å². The average Bonchev–Trinajstić information content (AvgIpc) is 2.95. The van der Waals surface area contributed by atoms with Crippen molar-refractivity contribution in [3.05, 3.63) is 0 Å². The van der Waals surface area contributed by atoms with Crippen molar-refractivity contribution >= 4 is 11.8 Å². The van der Waals surface area contributed by atoms with Crippen LogP contribution in [0.5, 0.6) is 0 Å². The Morgan fingerprint density at radius 2 is 2.14 bits per heavy atom. The number of primary amides is 1. The second-order valence-corrected chi connectivity index (χ2v) is 3.74. The number of hydrogen-bond acceptors (Lipinski definition) is 3. The summed E-state index contributed by atoms with van der Waals surface area (Å²) in [6, 6.07) is -0.0419. The molecule has 5 heteroatoms. The van der Waals surface area contributed by atoms with Crippen molar-refractivity contribution in [2.24, 2.45) is 5.73 Å². The monoisotopic (exact) mass is 199 g/mol. The SMILES string of the molecule is CC(NCC(=O)N(C)C1CC1)C(N)=O. The Labute approximate surface area is 83.6 Å². The minimum atomic E-state index is -0.452. The summed E-state index contributed by atoms with van der Waals surface area (Å²) in [4.78, 5) is 23.8. The molecule has 2 amide bonds. The molecule has 3 N–H and O–H groups in total. The third kappa shape index (κ3) is 2.99. The summed E-state index contributed by atoms with van der Waals surface area (Å²) in [5.41, 5.74) is 5.04. The van der Waals surface area contributed by atoms with Crippen molar-refractivity contribution in [2.75, 3.05) is 13.6 Å². The largest absolute Gasteiger partial charge is 0.368 e. The summed E-state index contributed by atoms with van der Waals surface area (Å²) in [6.45, 7) is 1.82. The molecular weight excluding hydrogens is 182 g/mol. The predicted molar refractivity (Wildman–Crippen MR) is 52.5 cm³/mol. The molecule has 0 radical (unpaired) electrons. The quantitative estimate of drug-likeness (QED) is 0.600. The van der Waals surface area contributed by atoms with Gasteiger partial charge in [-0.25, -0.2) is 0 Å². The van der Waals surface area contributed by atoms with Crippen molar-refractivity contribution in [3.8, 4) is 0 Å². The lowest BCUT2D eigenvalue weighted by atomic mass is 10.3. The van der Waals surface area contributed by atoms with E-state index in [0.29, 0.717) is 6.04 Å². The van der Waals surface area contributed by atoms with Gasteiger partial charge in [0.25, 0.3) is 0 Å². The van der Waals surface area contributed by atoms with E-state index in [1.54, 1.807) is 18.9 Å². The Balaban J connectivity index is 2.23. The van der Waals surface area contributed by atoms with Gasteiger partial charge in [-0.1, -0.05) is 0 Å². The molecule has 1 saturated carbocycles. The number of hydrogen-bond donors (Lipinski definition) is 2. The maximum Gasteiger partial charge on any atom is 0.236 e. The fraction of sp³-hybridized carbons (Fsp3) is 0.778. The molecule has 5 nitrogen and oxygen atoms in total. The van der Waals surface area contributed by atoms with Crippen molar-refractivity contribution in [1.29, 1.82) is 0 Å². The van der Waals surface area contributed by atoms with Gasteiger partial charge in [0.2, 0.25) is 11.8 Å². The summed E-state index contributed by atoms with van der Waals surface area (Å²) in [6.07, 6.45) is 2.18. The van der Waals surface area contributed by atoms with Crippen LogP contribution >= 0.6 is 0 Å². The molecule has 1 atom stereocenters. The van der Waals surface area contributed by atoms with Gasteiger partial charge >= 0.3 is 0 Å². The maximum atomic E-state index is 11.5. The molecule has 1 fully saturated rings. The first kappa shape index (κ1) is 11.0. The summed E-state index contributed by atoms with van der Waals surface area (Å²) in [5.74, 6) is -0.424. The molecule has 0 aromatic carbocycles. The molecule has 80 valence electrons. The lowest BCUT2D eigenvalue weighted by molar-refractivity contribution is -0.129. The molecule has 1 aliphatic carbocycles. The number of nitrogens with zero attached hydrogens (tertiary/aromatic N) is 1. The number of carbonyl (C=O) groups excluding carboxylic acids is 2. The van der Waals surface area contributed by atoms with Crippen molar-refractivity contribution in [3.63, 3.8) is 0 Å². The molecule has 0 bridgehead atoms. The van der Waals surface area contributed by atoms with Crippen LogP contribution < -0.4 is 11.1 Å². The molecule has 1 unspecified atom stereocenters. The molecule has 14 heavy (non-hydrogen) atoms. The maximum absolute atomic E-state index is 11.5. The third-order valence-electron chi connectivity index (χ3n) is 2.47. The second-order valence-electron chi connectivity index (χ2n) is 3.74. The van der Waals surface area contributed by atoms with Crippen LogP contribution in [0.15, 0.2) is 0 Å². The number of amides is 2. The van der Waals surface area contributed by atoms with Crippen molar-refractivity contribution < 1.29 is 9.59 Å². The van der Waals surface area contributed by atoms with E-state index in [2.05, 4.69) is 5.32 Å². The lowest BCUT2D eigenvalue weighted by Crippen LogP contribution is -2.44. The molecule has 1 rings (SSSR count). The topological polar surface area (TPSA) is 75.4 Å². The first-order valence-electron chi connectivity index (χ1n) is 4.80. The first-order chi connectivity index (χ1) is 6.52. The zero-order chi connectivity index (χ0) is 10.7. The van der Waals surface area contributed by atoms with Gasteiger partial charge < -0.3 is 10.6 Å². The van der Waals surface area contributed by atoms with E-state index in [1.807, 2.05) is 0 Å². The molecule has 0 aliphatic heterocycles. The zero-order valence-electron chi connectivity index (χ0n) is 8.62. The Morgan fingerprint density at radius 1 is 1.57 bits per heavy atom. The summed E-state index contributed by atoms with van der Waals surface area (Å²) >= 11 is 0. The molecule has 0 heterocycles. The van der Waals surface area contributed by atoms with Crippen LogP contribution in [0.3, 0.4) is 0 Å². The second kappa shape index (κ2) is 4.41. The van der Waals surface area contributed by atoms with Gasteiger partial charge in [0.15, 0.2) is 0 Å². The summed E-state index contributed by atoms with van der Waals surface area (Å²) < 4.78 is 0. The van der Waals surface area contributed by atoms with Gasteiger partial charge in [0.1, 0.15) is 0 Å². The van der Waals surface area contributed by atoms with Crippen LogP contribution in [0, 0.1) is 0 Å². The Hall–Kier alpha value is -1.10. The van der Waals surface area contributed by atoms with Crippen LogP contribution in [0.25, 0.3) is 0 Å². The van der Waals surface area contributed by atoms with E-state index in [9.17, 15) is 9.59 Å². The highest BCUT2D eigenvalue weighted by molar-refractivity contribution is 5.82. The van der Waals surface area contributed by atoms with E-state index >= 15 is 0 Å². The highest BCUT2D eigenvalue weighted by Crippen LogP contribution is 2.24. The van der Waals surface area contributed by atoms with Crippen molar-refractivity contribution in [2.45, 2.75) is 31.8 Å². The van der Waals surface area contributed by atoms with Gasteiger partial charge in [0, 0.05) is 13.1 Å². The highest BCUT2D eigenvalue weighted by Gasteiger charge is 2.29.